The van der Waals surface area contributed by atoms with Gasteiger partial charge in [0, 0.05) is 55.6 Å². The molecule has 2 aliphatic rings. The highest BCUT2D eigenvalue weighted by atomic mass is 16.5. The number of morpholine rings is 2. The van der Waals surface area contributed by atoms with Crippen molar-refractivity contribution < 1.29 is 14.3 Å². The van der Waals surface area contributed by atoms with Crippen molar-refractivity contribution in [2.75, 3.05) is 62.4 Å². The summed E-state index contributed by atoms with van der Waals surface area (Å²) in [6.07, 6.45) is 2.20. The van der Waals surface area contributed by atoms with Crippen molar-refractivity contribution in [2.24, 2.45) is 0 Å². The van der Waals surface area contributed by atoms with Crippen molar-refractivity contribution in [3.63, 3.8) is 0 Å². The molecular formula is C28H29N5O3. The van der Waals surface area contributed by atoms with Crippen molar-refractivity contribution in [2.45, 2.75) is 6.42 Å². The maximum absolute atomic E-state index is 12.9. The summed E-state index contributed by atoms with van der Waals surface area (Å²) in [4.78, 5) is 30.2. The topological polar surface area (TPSA) is 83.6 Å². The van der Waals surface area contributed by atoms with Crippen LogP contribution in [0.5, 0.6) is 0 Å². The first-order valence-electron chi connectivity index (χ1n) is 12.5. The lowest BCUT2D eigenvalue weighted by Crippen LogP contribution is -2.36. The Morgan fingerprint density at radius 2 is 1.58 bits per heavy atom. The number of carbonyl (C=O) groups excluding carboxylic acids is 1. The Morgan fingerprint density at radius 3 is 2.28 bits per heavy atom. The van der Waals surface area contributed by atoms with Crippen LogP contribution in [0.1, 0.15) is 15.9 Å². The van der Waals surface area contributed by atoms with Crippen LogP contribution in [0, 0.1) is 0 Å². The SMILES string of the molecule is O=C(Cc1ccc2nc(-c3ccc(N4CCOCC4)nc3)[nH]c2c1)c1ccc(N2CCOCC2)cc1. The minimum absolute atomic E-state index is 0.102. The Balaban J connectivity index is 1.14. The van der Waals surface area contributed by atoms with Gasteiger partial charge in [-0.05, 0) is 54.1 Å². The van der Waals surface area contributed by atoms with Crippen LogP contribution in [0.15, 0.2) is 60.8 Å². The van der Waals surface area contributed by atoms with E-state index in [1.807, 2.05) is 60.8 Å². The second-order valence-electron chi connectivity index (χ2n) is 9.19. The number of hydrogen-bond acceptors (Lipinski definition) is 7. The first-order chi connectivity index (χ1) is 17.7. The smallest absolute Gasteiger partial charge is 0.167 e. The molecular weight excluding hydrogens is 454 g/mol. The van der Waals surface area contributed by atoms with Crippen LogP contribution in [0.4, 0.5) is 11.5 Å². The maximum atomic E-state index is 12.9. The minimum Gasteiger partial charge on any atom is -0.378 e. The summed E-state index contributed by atoms with van der Waals surface area (Å²) in [5, 5.41) is 0. The zero-order valence-electron chi connectivity index (χ0n) is 20.2. The Kier molecular flexibility index (Phi) is 6.36. The number of nitrogens with one attached hydrogen (secondary N) is 1. The number of fused-ring (bicyclic) bond motifs is 1. The molecule has 0 bridgehead atoms. The van der Waals surface area contributed by atoms with Gasteiger partial charge in [0.05, 0.1) is 37.5 Å². The second-order valence-corrected chi connectivity index (χ2v) is 9.19. The third-order valence-electron chi connectivity index (χ3n) is 6.83. The molecule has 2 aliphatic heterocycles. The molecule has 2 aromatic heterocycles. The second kappa shape index (κ2) is 10.1. The van der Waals surface area contributed by atoms with Gasteiger partial charge in [0.15, 0.2) is 5.78 Å². The summed E-state index contributed by atoms with van der Waals surface area (Å²) in [7, 11) is 0. The molecule has 0 radical (unpaired) electrons. The van der Waals surface area contributed by atoms with Gasteiger partial charge in [-0.3, -0.25) is 4.79 Å². The summed E-state index contributed by atoms with van der Waals surface area (Å²) in [5.74, 6) is 1.83. The summed E-state index contributed by atoms with van der Waals surface area (Å²) < 4.78 is 10.8. The zero-order valence-corrected chi connectivity index (χ0v) is 20.2. The molecule has 0 aliphatic carbocycles. The van der Waals surface area contributed by atoms with E-state index in [0.29, 0.717) is 6.42 Å². The fourth-order valence-electron chi connectivity index (χ4n) is 4.78. The molecule has 4 heterocycles. The van der Waals surface area contributed by atoms with Crippen molar-refractivity contribution in [3.05, 3.63) is 71.9 Å². The normalized spacial score (nSPS) is 16.4. The van der Waals surface area contributed by atoms with E-state index in [-0.39, 0.29) is 5.78 Å². The number of ether oxygens (including phenoxy) is 2. The van der Waals surface area contributed by atoms with Crippen molar-refractivity contribution >= 4 is 28.3 Å². The number of carbonyl (C=O) groups is 1. The molecule has 2 saturated heterocycles. The molecule has 8 nitrogen and oxygen atoms in total. The van der Waals surface area contributed by atoms with Gasteiger partial charge in [-0.15, -0.1) is 0 Å². The zero-order chi connectivity index (χ0) is 24.3. The van der Waals surface area contributed by atoms with Gasteiger partial charge in [-0.2, -0.15) is 0 Å². The number of pyridine rings is 1. The molecule has 2 aromatic carbocycles. The number of ketones is 1. The highest BCUT2D eigenvalue weighted by molar-refractivity contribution is 5.98. The number of H-pyrrole nitrogens is 1. The third-order valence-corrected chi connectivity index (χ3v) is 6.83. The monoisotopic (exact) mass is 483 g/mol. The average Bonchev–Trinajstić information content (AvgIpc) is 3.38. The molecule has 2 fully saturated rings. The number of Topliss-reactive ketones (excluding diaryl/α,β-unsaturated/α-hetero) is 1. The molecule has 4 aromatic rings. The van der Waals surface area contributed by atoms with Crippen LogP contribution in [0.2, 0.25) is 0 Å². The van der Waals surface area contributed by atoms with E-state index in [1.54, 1.807) is 0 Å². The Labute approximate surface area is 209 Å². The number of aromatic nitrogens is 3. The van der Waals surface area contributed by atoms with E-state index in [1.165, 1.54) is 0 Å². The van der Waals surface area contributed by atoms with Gasteiger partial charge in [0.1, 0.15) is 11.6 Å². The minimum atomic E-state index is 0.102. The summed E-state index contributed by atoms with van der Waals surface area (Å²) in [5.41, 5.74) is 5.53. The lowest BCUT2D eigenvalue weighted by atomic mass is 10.0. The lowest BCUT2D eigenvalue weighted by Gasteiger charge is -2.28. The third kappa shape index (κ3) is 4.82. The van der Waals surface area contributed by atoms with Crippen molar-refractivity contribution in [1.29, 1.82) is 0 Å². The van der Waals surface area contributed by atoms with Crippen LogP contribution < -0.4 is 9.80 Å². The Morgan fingerprint density at radius 1 is 0.861 bits per heavy atom. The van der Waals surface area contributed by atoms with E-state index in [2.05, 4.69) is 19.8 Å². The quantitative estimate of drug-likeness (QED) is 0.419. The van der Waals surface area contributed by atoms with Gasteiger partial charge in [-0.25, -0.2) is 9.97 Å². The Hall–Kier alpha value is -3.75. The van der Waals surface area contributed by atoms with Crippen molar-refractivity contribution in [1.82, 2.24) is 15.0 Å². The number of anilines is 2. The largest absolute Gasteiger partial charge is 0.378 e. The van der Waals surface area contributed by atoms with Gasteiger partial charge >= 0.3 is 0 Å². The number of aromatic amines is 1. The highest BCUT2D eigenvalue weighted by Crippen LogP contribution is 2.24. The highest BCUT2D eigenvalue weighted by Gasteiger charge is 2.15. The maximum Gasteiger partial charge on any atom is 0.167 e. The van der Waals surface area contributed by atoms with Crippen molar-refractivity contribution in [3.8, 4) is 11.4 Å². The van der Waals surface area contributed by atoms with Crippen LogP contribution in [-0.4, -0.2) is 73.3 Å². The number of imidazole rings is 1. The predicted molar refractivity (Wildman–Crippen MR) is 140 cm³/mol. The standard InChI is InChI=1S/C28H29N5O3/c34-26(21-2-5-23(6-3-21)32-9-13-35-14-10-32)18-20-1-7-24-25(17-20)31-28(30-24)22-4-8-27(29-19-22)33-11-15-36-16-12-33/h1-8,17,19H,9-16,18H2,(H,30,31). The van der Waals surface area contributed by atoms with Crippen LogP contribution in [0.3, 0.4) is 0 Å². The fraction of sp³-hybridized carbons (Fsp3) is 0.321. The molecule has 36 heavy (non-hydrogen) atoms. The van der Waals surface area contributed by atoms with E-state index in [0.717, 1.165) is 97.7 Å². The molecule has 0 amide bonds. The number of rotatable bonds is 6. The van der Waals surface area contributed by atoms with Gasteiger partial charge in [0.25, 0.3) is 0 Å². The fourth-order valence-corrected chi connectivity index (χ4v) is 4.78. The van der Waals surface area contributed by atoms with E-state index >= 15 is 0 Å². The molecule has 1 N–H and O–H groups in total. The molecule has 6 rings (SSSR count). The van der Waals surface area contributed by atoms with Gasteiger partial charge in [0.2, 0.25) is 0 Å². The first kappa shape index (κ1) is 22.7. The predicted octanol–water partition coefficient (Wildman–Crippen LogP) is 3.72. The molecule has 8 heteroatoms. The van der Waals surface area contributed by atoms with Crippen LogP contribution in [-0.2, 0) is 15.9 Å². The van der Waals surface area contributed by atoms with E-state index in [9.17, 15) is 4.79 Å². The molecule has 0 unspecified atom stereocenters. The number of nitrogens with zero attached hydrogens (tertiary/aromatic N) is 4. The van der Waals surface area contributed by atoms with E-state index < -0.39 is 0 Å². The number of hydrogen-bond donors (Lipinski definition) is 1. The van der Waals surface area contributed by atoms with Crippen LogP contribution in [0.25, 0.3) is 22.4 Å². The Bertz CT molecular complexity index is 1340. The average molecular weight is 484 g/mol. The molecule has 184 valence electrons. The molecule has 0 saturated carbocycles. The molecule has 0 atom stereocenters. The summed E-state index contributed by atoms with van der Waals surface area (Å²) in [6, 6.07) is 17.9. The summed E-state index contributed by atoms with van der Waals surface area (Å²) in [6.45, 7) is 6.44. The first-order valence-corrected chi connectivity index (χ1v) is 12.5. The number of benzene rings is 2. The molecule has 0 spiro atoms. The lowest BCUT2D eigenvalue weighted by molar-refractivity contribution is 0.0993. The summed E-state index contributed by atoms with van der Waals surface area (Å²) >= 11 is 0. The van der Waals surface area contributed by atoms with Gasteiger partial charge in [-0.1, -0.05) is 6.07 Å². The van der Waals surface area contributed by atoms with Crippen LogP contribution >= 0.6 is 0 Å². The van der Waals surface area contributed by atoms with E-state index in [4.69, 9.17) is 14.5 Å². The van der Waals surface area contributed by atoms with Gasteiger partial charge < -0.3 is 24.3 Å².